The summed E-state index contributed by atoms with van der Waals surface area (Å²) in [5, 5.41) is 0.999. The number of hydrogen-bond acceptors (Lipinski definition) is 5. The van der Waals surface area contributed by atoms with Crippen molar-refractivity contribution in [2.75, 3.05) is 0 Å². The predicted octanol–water partition coefficient (Wildman–Crippen LogP) is 3.66. The van der Waals surface area contributed by atoms with Crippen LogP contribution in [0.15, 0.2) is 42.7 Å². The number of nitrogens with zero attached hydrogens (tertiary/aromatic N) is 2. The maximum atomic E-state index is 6.14. The number of hydrogen-bond donors (Lipinski definition) is 0. The predicted molar refractivity (Wildman–Crippen MR) is 98.6 cm³/mol. The first-order chi connectivity index (χ1) is 11.4. The molecule has 2 aromatic heterocycles. The summed E-state index contributed by atoms with van der Waals surface area (Å²) < 4.78 is 13.4. The van der Waals surface area contributed by atoms with Gasteiger partial charge in [0.1, 0.15) is 5.01 Å². The third-order valence-electron chi connectivity index (χ3n) is 4.86. The van der Waals surface area contributed by atoms with Crippen LogP contribution in [-0.4, -0.2) is 28.3 Å². The average Bonchev–Trinajstić information content (AvgIpc) is 3.06. The summed E-state index contributed by atoms with van der Waals surface area (Å²) in [5.41, 5.74) is 2.39. The van der Waals surface area contributed by atoms with Crippen LogP contribution >= 0.6 is 11.3 Å². The average molecular weight is 338 g/mol. The molecule has 3 heterocycles. The molecule has 0 saturated carbocycles. The Bertz CT molecular complexity index is 876. The highest BCUT2D eigenvalue weighted by Crippen LogP contribution is 2.37. The first kappa shape index (κ1) is 15.8. The van der Waals surface area contributed by atoms with E-state index >= 15 is 0 Å². The Labute approximate surface area is 146 Å². The molecule has 4 nitrogen and oxygen atoms in total. The van der Waals surface area contributed by atoms with Gasteiger partial charge in [0.05, 0.1) is 21.4 Å². The Balaban J connectivity index is 1.70. The minimum Gasteiger partial charge on any atom is -0.399 e. The van der Waals surface area contributed by atoms with Crippen LogP contribution in [0.5, 0.6) is 0 Å². The van der Waals surface area contributed by atoms with Gasteiger partial charge < -0.3 is 9.31 Å². The van der Waals surface area contributed by atoms with Crippen LogP contribution in [0, 0.1) is 0 Å². The second-order valence-electron chi connectivity index (χ2n) is 7.07. The van der Waals surface area contributed by atoms with Crippen molar-refractivity contribution in [1.82, 2.24) is 9.97 Å². The lowest BCUT2D eigenvalue weighted by Crippen LogP contribution is -2.41. The van der Waals surface area contributed by atoms with Crippen molar-refractivity contribution in [3.63, 3.8) is 0 Å². The van der Waals surface area contributed by atoms with Crippen LogP contribution in [0.25, 0.3) is 20.8 Å². The Kier molecular flexibility index (Phi) is 3.53. The molecule has 122 valence electrons. The van der Waals surface area contributed by atoms with Gasteiger partial charge in [-0.05, 0) is 57.4 Å². The summed E-state index contributed by atoms with van der Waals surface area (Å²) in [6.45, 7) is 8.26. The van der Waals surface area contributed by atoms with E-state index in [1.54, 1.807) is 23.7 Å². The topological polar surface area (TPSA) is 44.2 Å². The quantitative estimate of drug-likeness (QED) is 0.669. The first-order valence-electron chi connectivity index (χ1n) is 8.02. The lowest BCUT2D eigenvalue weighted by Gasteiger charge is -2.32. The van der Waals surface area contributed by atoms with Gasteiger partial charge in [0.25, 0.3) is 0 Å². The van der Waals surface area contributed by atoms with E-state index in [9.17, 15) is 0 Å². The second-order valence-corrected chi connectivity index (χ2v) is 8.10. The molecular weight excluding hydrogens is 319 g/mol. The van der Waals surface area contributed by atoms with Crippen LogP contribution < -0.4 is 5.46 Å². The number of rotatable bonds is 2. The normalized spacial score (nSPS) is 19.1. The third-order valence-corrected chi connectivity index (χ3v) is 5.95. The van der Waals surface area contributed by atoms with E-state index in [4.69, 9.17) is 14.3 Å². The van der Waals surface area contributed by atoms with Crippen molar-refractivity contribution in [3.05, 3.63) is 42.7 Å². The Morgan fingerprint density at radius 2 is 1.62 bits per heavy atom. The molecule has 0 atom stereocenters. The molecule has 1 saturated heterocycles. The SMILES string of the molecule is CC1(C)OB(c2ccc3sc(-c4ccncc4)nc3c2)OC1(C)C. The van der Waals surface area contributed by atoms with Crippen LogP contribution in [0.3, 0.4) is 0 Å². The fourth-order valence-electron chi connectivity index (χ4n) is 2.69. The van der Waals surface area contributed by atoms with E-state index in [2.05, 4.69) is 50.9 Å². The van der Waals surface area contributed by atoms with Crippen LogP contribution in [0.1, 0.15) is 27.7 Å². The van der Waals surface area contributed by atoms with Crippen molar-refractivity contribution in [3.8, 4) is 10.6 Å². The second kappa shape index (κ2) is 5.38. The molecule has 6 heteroatoms. The van der Waals surface area contributed by atoms with E-state index in [-0.39, 0.29) is 18.3 Å². The van der Waals surface area contributed by atoms with Gasteiger partial charge in [-0.2, -0.15) is 0 Å². The summed E-state index contributed by atoms with van der Waals surface area (Å²) in [5.74, 6) is 0. The van der Waals surface area contributed by atoms with Gasteiger partial charge in [0, 0.05) is 18.0 Å². The first-order valence-corrected chi connectivity index (χ1v) is 8.84. The fraction of sp³-hybridized carbons (Fsp3) is 0.333. The number of aromatic nitrogens is 2. The minimum atomic E-state index is -0.356. The van der Waals surface area contributed by atoms with Gasteiger partial charge in [0.15, 0.2) is 0 Å². The van der Waals surface area contributed by atoms with Gasteiger partial charge in [-0.1, -0.05) is 6.07 Å². The van der Waals surface area contributed by atoms with E-state index in [1.807, 2.05) is 12.1 Å². The molecule has 0 amide bonds. The molecule has 0 N–H and O–H groups in total. The van der Waals surface area contributed by atoms with Crippen LogP contribution in [0.4, 0.5) is 0 Å². The number of benzene rings is 1. The highest BCUT2D eigenvalue weighted by Gasteiger charge is 2.51. The van der Waals surface area contributed by atoms with Crippen LogP contribution in [-0.2, 0) is 9.31 Å². The summed E-state index contributed by atoms with van der Waals surface area (Å²) in [6.07, 6.45) is 3.58. The number of fused-ring (bicyclic) bond motifs is 1. The minimum absolute atomic E-state index is 0.336. The van der Waals surface area contributed by atoms with E-state index in [0.717, 1.165) is 26.3 Å². The van der Waals surface area contributed by atoms with Gasteiger partial charge in [0.2, 0.25) is 0 Å². The molecule has 4 rings (SSSR count). The van der Waals surface area contributed by atoms with Gasteiger partial charge in [-0.15, -0.1) is 11.3 Å². The van der Waals surface area contributed by atoms with Crippen molar-refractivity contribution >= 4 is 34.1 Å². The van der Waals surface area contributed by atoms with E-state index in [0.29, 0.717) is 0 Å². The standard InChI is InChI=1S/C18H19BN2O2S/c1-17(2)18(3,4)23-19(22-17)13-5-6-15-14(11-13)21-16(24-15)12-7-9-20-10-8-12/h5-11H,1-4H3. The summed E-state index contributed by atoms with van der Waals surface area (Å²) in [6, 6.07) is 10.2. The van der Waals surface area contributed by atoms with Crippen molar-refractivity contribution in [1.29, 1.82) is 0 Å². The zero-order chi connectivity index (χ0) is 16.9. The fourth-order valence-corrected chi connectivity index (χ4v) is 3.64. The number of pyridine rings is 1. The molecule has 1 fully saturated rings. The molecule has 0 bridgehead atoms. The van der Waals surface area contributed by atoms with Crippen molar-refractivity contribution in [2.45, 2.75) is 38.9 Å². The van der Waals surface area contributed by atoms with E-state index in [1.165, 1.54) is 0 Å². The summed E-state index contributed by atoms with van der Waals surface area (Å²) in [7, 11) is -0.356. The molecule has 0 spiro atoms. The molecule has 1 aliphatic rings. The highest BCUT2D eigenvalue weighted by atomic mass is 32.1. The van der Waals surface area contributed by atoms with Gasteiger partial charge in [-0.3, -0.25) is 4.98 Å². The molecule has 3 aromatic rings. The molecular formula is C18H19BN2O2S. The zero-order valence-corrected chi connectivity index (χ0v) is 15.1. The molecule has 0 radical (unpaired) electrons. The highest BCUT2D eigenvalue weighted by molar-refractivity contribution is 7.21. The molecule has 1 aromatic carbocycles. The maximum absolute atomic E-state index is 6.14. The monoisotopic (exact) mass is 338 g/mol. The summed E-state index contributed by atoms with van der Waals surface area (Å²) in [4.78, 5) is 8.83. The number of thiazole rings is 1. The van der Waals surface area contributed by atoms with Crippen molar-refractivity contribution < 1.29 is 9.31 Å². The van der Waals surface area contributed by atoms with Gasteiger partial charge >= 0.3 is 7.12 Å². The maximum Gasteiger partial charge on any atom is 0.494 e. The lowest BCUT2D eigenvalue weighted by atomic mass is 9.79. The Morgan fingerprint density at radius 3 is 2.29 bits per heavy atom. The Hall–Kier alpha value is -1.76. The largest absolute Gasteiger partial charge is 0.494 e. The smallest absolute Gasteiger partial charge is 0.399 e. The molecule has 24 heavy (non-hydrogen) atoms. The third kappa shape index (κ3) is 2.55. The van der Waals surface area contributed by atoms with Gasteiger partial charge in [-0.25, -0.2) is 4.98 Å². The molecule has 0 unspecified atom stereocenters. The molecule has 0 aliphatic carbocycles. The summed E-state index contributed by atoms with van der Waals surface area (Å²) >= 11 is 1.68. The lowest BCUT2D eigenvalue weighted by molar-refractivity contribution is 0.00578. The Morgan fingerprint density at radius 1 is 0.958 bits per heavy atom. The van der Waals surface area contributed by atoms with Crippen molar-refractivity contribution in [2.24, 2.45) is 0 Å². The van der Waals surface area contributed by atoms with E-state index < -0.39 is 0 Å². The zero-order valence-electron chi connectivity index (χ0n) is 14.2. The van der Waals surface area contributed by atoms with Crippen LogP contribution in [0.2, 0.25) is 0 Å². The molecule has 1 aliphatic heterocycles.